The van der Waals surface area contributed by atoms with Crippen LogP contribution in [0.25, 0.3) is 5.52 Å². The van der Waals surface area contributed by atoms with Crippen LogP contribution in [0, 0.1) is 11.6 Å². The predicted octanol–water partition coefficient (Wildman–Crippen LogP) is 7.55. The zero-order valence-corrected chi connectivity index (χ0v) is 53.8. The second kappa shape index (κ2) is 30.4. The fourth-order valence-electron chi connectivity index (χ4n) is 9.76. The lowest BCUT2D eigenvalue weighted by Gasteiger charge is -2.35. The third-order valence-electron chi connectivity index (χ3n) is 13.4. The van der Waals surface area contributed by atoms with Crippen LogP contribution in [0.2, 0.25) is 10.0 Å². The molecular formula is C58H79Cl2F2N11O14S. The van der Waals surface area contributed by atoms with Crippen LogP contribution in [0.1, 0.15) is 138 Å². The Labute approximate surface area is 520 Å². The average Bonchev–Trinajstić information content (AvgIpc) is 1.69. The Morgan fingerprint density at radius 3 is 1.76 bits per heavy atom. The molecule has 484 valence electrons. The highest BCUT2D eigenvalue weighted by Gasteiger charge is 2.39. The molecule has 2 saturated heterocycles. The van der Waals surface area contributed by atoms with Crippen LogP contribution in [0.4, 0.5) is 30.0 Å². The number of nitrogens with one attached hydrogen (secondary N) is 4. The molecule has 5 heterocycles. The molecular weight excluding hydrogens is 1220 g/mol. The molecule has 1 unspecified atom stereocenters. The number of esters is 2. The summed E-state index contributed by atoms with van der Waals surface area (Å²) in [4.78, 5) is 84.1. The molecule has 0 radical (unpaired) electrons. The summed E-state index contributed by atoms with van der Waals surface area (Å²) in [5.41, 5.74) is -0.822. The molecule has 3 atom stereocenters. The molecule has 3 amide bonds. The number of piperidine rings is 2. The number of nitrogens with zero attached hydrogens (tertiary/aromatic N) is 7. The zero-order chi connectivity index (χ0) is 65.0. The highest BCUT2D eigenvalue weighted by atomic mass is 35.5. The highest BCUT2D eigenvalue weighted by Crippen LogP contribution is 2.35. The summed E-state index contributed by atoms with van der Waals surface area (Å²) < 4.78 is 91.5. The van der Waals surface area contributed by atoms with E-state index in [2.05, 4.69) is 31.1 Å². The van der Waals surface area contributed by atoms with Crippen LogP contribution in [-0.4, -0.2) is 169 Å². The number of ether oxygens (including phenoxy) is 6. The lowest BCUT2D eigenvalue weighted by atomic mass is 10.0. The number of rotatable bonds is 21. The van der Waals surface area contributed by atoms with Gasteiger partial charge in [0.1, 0.15) is 39.9 Å². The Bertz CT molecular complexity index is 3470. The minimum Gasteiger partial charge on any atom is -0.464 e. The topological polar surface area (TPSA) is 289 Å². The van der Waals surface area contributed by atoms with Crippen molar-refractivity contribution in [3.05, 3.63) is 108 Å². The fraction of sp³-hybridized carbons (Fsp3) is 0.552. The molecule has 0 aliphatic carbocycles. The van der Waals surface area contributed by atoms with Crippen molar-refractivity contribution in [2.75, 3.05) is 76.5 Å². The number of aromatic nitrogens is 5. The lowest BCUT2D eigenvalue weighted by molar-refractivity contribution is -0.177. The fourth-order valence-corrected chi connectivity index (χ4v) is 11.1. The number of halogens is 4. The molecule has 88 heavy (non-hydrogen) atoms. The SMILES string of the molecule is CCOC(=O)C(NC(=O)c1nn(S(=O)(=O)N(C)C)c(N2CCC[C@@H](NC(=O)OC(C)(C)C)C2)c1Cc1cc(F)ccc1Cl)C(OCC)OCC.CCOC(=O)c1cn2nc(N3CCC[C@@H](NC(=O)OC(C)(C)C)C3)c(Cc3cc(F)ccc3Cl)c2c(=O)[nH]1. The lowest BCUT2D eigenvalue weighted by Crippen LogP contribution is -2.52. The number of anilines is 2. The van der Waals surface area contributed by atoms with E-state index in [0.29, 0.717) is 54.4 Å². The summed E-state index contributed by atoms with van der Waals surface area (Å²) >= 11 is 12.8. The first-order valence-corrected chi connectivity index (χ1v) is 31.0. The Hall–Kier alpha value is -7.11. The van der Waals surface area contributed by atoms with Crippen molar-refractivity contribution in [1.29, 1.82) is 0 Å². The number of H-pyrrole nitrogens is 1. The summed E-state index contributed by atoms with van der Waals surface area (Å²) in [5, 5.41) is 17.8. The molecule has 2 aromatic carbocycles. The molecule has 2 aliphatic heterocycles. The molecule has 7 rings (SSSR count). The zero-order valence-electron chi connectivity index (χ0n) is 51.5. The van der Waals surface area contributed by atoms with Crippen LogP contribution in [-0.2, 0) is 56.3 Å². The standard InChI is InChI=1S/C32H48ClFN6O9S.C26H31ClFN5O5/c1-9-46-29(42)26(30(47-10-2)48-11-3)36-27(41)25-23(18-20-17-21(34)14-15-24(20)33)28(40(37-25)50(44,45)38(7)8)39-16-12-13-22(19-39)35-31(43)49-32(4,5)6;1-5-37-24(35)20-14-33-21(23(34)30-20)18(12-15-11-16(28)8-9-19(15)27)22(31-33)32-10-6-7-17(13-32)29-25(36)38-26(2,3)4/h14-15,17,22,26,30H,9-13,16,18-19H2,1-8H3,(H,35,43)(H,36,41);8-9,11,14,17H,5-7,10,12-13H2,1-4H3,(H,29,36)(H,30,34)/t22-,26?;17-/m11/s1. The first kappa shape index (κ1) is 70.0. The monoisotopic (exact) mass is 1290 g/mol. The van der Waals surface area contributed by atoms with Gasteiger partial charge in [-0.1, -0.05) is 23.2 Å². The first-order chi connectivity index (χ1) is 41.4. The molecule has 5 aromatic rings. The number of alkyl carbamates (subject to hydrolysis) is 2. The minimum absolute atomic E-state index is 0.00119. The third kappa shape index (κ3) is 18.5. The van der Waals surface area contributed by atoms with E-state index in [0.717, 1.165) is 21.2 Å². The van der Waals surface area contributed by atoms with E-state index >= 15 is 0 Å². The maximum atomic E-state index is 14.5. The number of benzene rings is 2. The van der Waals surface area contributed by atoms with E-state index < -0.39 is 87.0 Å². The van der Waals surface area contributed by atoms with Gasteiger partial charge in [-0.3, -0.25) is 9.59 Å². The first-order valence-electron chi connectivity index (χ1n) is 28.8. The van der Waals surface area contributed by atoms with Gasteiger partial charge in [0.25, 0.3) is 11.5 Å². The highest BCUT2D eigenvalue weighted by molar-refractivity contribution is 7.87. The number of hydrogen-bond donors (Lipinski definition) is 4. The molecule has 0 bridgehead atoms. The van der Waals surface area contributed by atoms with Gasteiger partial charge in [0.05, 0.1) is 19.4 Å². The average molecular weight is 1300 g/mol. The van der Waals surface area contributed by atoms with E-state index in [1.54, 1.807) is 74.1 Å². The van der Waals surface area contributed by atoms with Crippen LogP contribution in [0.5, 0.6) is 0 Å². The molecule has 2 aliphatic rings. The third-order valence-corrected chi connectivity index (χ3v) is 15.8. The number of carbonyl (C=O) groups excluding carboxylic acids is 5. The normalized spacial score (nSPS) is 16.0. The van der Waals surface area contributed by atoms with Gasteiger partial charge < -0.3 is 59.2 Å². The van der Waals surface area contributed by atoms with E-state index in [1.807, 2.05) is 4.90 Å². The largest absolute Gasteiger partial charge is 0.464 e. The summed E-state index contributed by atoms with van der Waals surface area (Å²) in [6.07, 6.45) is 1.44. The smallest absolute Gasteiger partial charge is 0.407 e. The molecule has 0 spiro atoms. The second-order valence-electron chi connectivity index (χ2n) is 22.8. The van der Waals surface area contributed by atoms with Crippen molar-refractivity contribution in [3.63, 3.8) is 0 Å². The summed E-state index contributed by atoms with van der Waals surface area (Å²) in [7, 11) is -1.79. The van der Waals surface area contributed by atoms with Crippen LogP contribution >= 0.6 is 23.2 Å². The Morgan fingerprint density at radius 2 is 1.26 bits per heavy atom. The molecule has 4 N–H and O–H groups in total. The molecule has 3 aromatic heterocycles. The van der Waals surface area contributed by atoms with Gasteiger partial charge in [-0.25, -0.2) is 32.5 Å². The number of fused-ring (bicyclic) bond motifs is 1. The predicted molar refractivity (Wildman–Crippen MR) is 325 cm³/mol. The molecule has 0 saturated carbocycles. The van der Waals surface area contributed by atoms with Crippen molar-refractivity contribution in [2.45, 2.75) is 143 Å². The summed E-state index contributed by atoms with van der Waals surface area (Å²) in [6, 6.07) is 5.57. The maximum Gasteiger partial charge on any atom is 0.407 e. The van der Waals surface area contributed by atoms with Gasteiger partial charge in [0, 0.05) is 99.6 Å². The maximum absolute atomic E-state index is 14.5. The molecule has 25 nitrogen and oxygen atoms in total. The Kier molecular flexibility index (Phi) is 24.2. The minimum atomic E-state index is -4.40. The van der Waals surface area contributed by atoms with Crippen molar-refractivity contribution >= 4 is 80.6 Å². The van der Waals surface area contributed by atoms with E-state index in [4.69, 9.17) is 51.6 Å². The second-order valence-corrected chi connectivity index (χ2v) is 25.6. The van der Waals surface area contributed by atoms with Crippen LogP contribution < -0.4 is 31.3 Å². The van der Waals surface area contributed by atoms with Crippen LogP contribution in [0.15, 0.2) is 47.4 Å². The Morgan fingerprint density at radius 1 is 0.750 bits per heavy atom. The van der Waals surface area contributed by atoms with Gasteiger partial charge in [-0.05, 0) is 142 Å². The number of amides is 3. The van der Waals surface area contributed by atoms with Gasteiger partial charge in [0.2, 0.25) is 0 Å². The van der Waals surface area contributed by atoms with Crippen molar-refractivity contribution in [1.82, 2.24) is 44.0 Å². The summed E-state index contributed by atoms with van der Waals surface area (Å²) in [6.45, 7) is 19.1. The van der Waals surface area contributed by atoms with Crippen LogP contribution in [0.3, 0.4) is 0 Å². The van der Waals surface area contributed by atoms with Crippen molar-refractivity contribution in [2.24, 2.45) is 0 Å². The number of aromatic amines is 1. The summed E-state index contributed by atoms with van der Waals surface area (Å²) in [5.74, 6) is -3.08. The van der Waals surface area contributed by atoms with E-state index in [9.17, 15) is 46.0 Å². The van der Waals surface area contributed by atoms with Crippen molar-refractivity contribution < 1.29 is 69.6 Å². The van der Waals surface area contributed by atoms with E-state index in [1.165, 1.54) is 61.2 Å². The number of hydrogen-bond acceptors (Lipinski definition) is 18. The van der Waals surface area contributed by atoms with Crippen molar-refractivity contribution in [3.8, 4) is 0 Å². The quantitative estimate of drug-likeness (QED) is 0.0313. The number of carbonyl (C=O) groups is 5. The molecule has 30 heteroatoms. The van der Waals surface area contributed by atoms with Gasteiger partial charge in [-0.15, -0.1) is 14.3 Å². The Balaban J connectivity index is 0.000000291. The van der Waals surface area contributed by atoms with Gasteiger partial charge in [0.15, 0.2) is 23.8 Å². The van der Waals surface area contributed by atoms with Gasteiger partial charge >= 0.3 is 34.3 Å². The molecule has 2 fully saturated rings. The van der Waals surface area contributed by atoms with E-state index in [-0.39, 0.29) is 90.7 Å². The van der Waals surface area contributed by atoms with Gasteiger partial charge in [-0.2, -0.15) is 12.7 Å².